The van der Waals surface area contributed by atoms with E-state index < -0.39 is 11.9 Å². The average molecular weight is 409 g/mol. The summed E-state index contributed by atoms with van der Waals surface area (Å²) in [6, 6.07) is 11.3. The lowest BCUT2D eigenvalue weighted by Crippen LogP contribution is -2.28. The Morgan fingerprint density at radius 2 is 1.83 bits per heavy atom. The molecule has 1 aromatic heterocycles. The Kier molecular flexibility index (Phi) is 4.81. The van der Waals surface area contributed by atoms with Gasteiger partial charge in [0.1, 0.15) is 0 Å². The number of esters is 1. The van der Waals surface area contributed by atoms with Gasteiger partial charge in [-0.15, -0.1) is 0 Å². The summed E-state index contributed by atoms with van der Waals surface area (Å²) in [7, 11) is 1.31. The normalized spacial score (nSPS) is 13.8. The molecule has 1 saturated heterocycles. The molecule has 0 unspecified atom stereocenters. The van der Waals surface area contributed by atoms with E-state index in [2.05, 4.69) is 10.3 Å². The molecule has 0 saturated carbocycles. The highest BCUT2D eigenvalue weighted by Gasteiger charge is 2.30. The van der Waals surface area contributed by atoms with E-state index in [9.17, 15) is 19.2 Å². The zero-order chi connectivity index (χ0) is 20.5. The van der Waals surface area contributed by atoms with E-state index in [0.717, 1.165) is 9.60 Å². The molecule has 0 atom stereocenters. The number of carbonyl (C=O) groups is 4. The van der Waals surface area contributed by atoms with Gasteiger partial charge < -0.3 is 4.74 Å². The van der Waals surface area contributed by atoms with E-state index in [1.807, 2.05) is 0 Å². The Bertz CT molecular complexity index is 1150. The van der Waals surface area contributed by atoms with Gasteiger partial charge in [-0.1, -0.05) is 17.4 Å². The predicted octanol–water partition coefficient (Wildman–Crippen LogP) is 2.99. The molecule has 3 aromatic rings. The van der Waals surface area contributed by atoms with Crippen LogP contribution >= 0.6 is 11.3 Å². The van der Waals surface area contributed by atoms with Crippen LogP contribution in [0, 0.1) is 0 Å². The van der Waals surface area contributed by atoms with Gasteiger partial charge in [0.25, 0.3) is 5.91 Å². The number of ether oxygens (including phenoxy) is 1. The smallest absolute Gasteiger partial charge is 0.337 e. The lowest BCUT2D eigenvalue weighted by molar-refractivity contribution is -0.121. The van der Waals surface area contributed by atoms with Crippen LogP contribution in [0.25, 0.3) is 10.2 Å². The molecule has 1 N–H and O–H groups in total. The van der Waals surface area contributed by atoms with Gasteiger partial charge in [0.2, 0.25) is 11.8 Å². The first kappa shape index (κ1) is 18.8. The molecule has 0 bridgehead atoms. The molecular formula is C20H15N3O5S. The van der Waals surface area contributed by atoms with Crippen LogP contribution in [0.5, 0.6) is 0 Å². The molecule has 2 heterocycles. The number of carbonyl (C=O) groups excluding carboxylic acids is 4. The minimum atomic E-state index is -0.450. The molecular weight excluding hydrogens is 394 g/mol. The highest BCUT2D eigenvalue weighted by atomic mass is 32.1. The Balaban J connectivity index is 1.56. The summed E-state index contributed by atoms with van der Waals surface area (Å²) < 4.78 is 5.43. The number of thiazole rings is 1. The van der Waals surface area contributed by atoms with Gasteiger partial charge in [-0.05, 0) is 36.4 Å². The molecule has 8 nitrogen and oxygen atoms in total. The first-order chi connectivity index (χ1) is 14.0. The maximum Gasteiger partial charge on any atom is 0.337 e. The van der Waals surface area contributed by atoms with Gasteiger partial charge in [0.15, 0.2) is 5.13 Å². The van der Waals surface area contributed by atoms with Crippen molar-refractivity contribution in [2.24, 2.45) is 0 Å². The Morgan fingerprint density at radius 3 is 2.55 bits per heavy atom. The Hall–Kier alpha value is -3.59. The summed E-state index contributed by atoms with van der Waals surface area (Å²) in [6.07, 6.45) is 0.350. The molecule has 0 radical (unpaired) electrons. The summed E-state index contributed by atoms with van der Waals surface area (Å²) >= 11 is 1.22. The van der Waals surface area contributed by atoms with E-state index in [1.165, 1.54) is 24.5 Å². The van der Waals surface area contributed by atoms with Crippen LogP contribution in [-0.2, 0) is 14.3 Å². The number of nitrogens with zero attached hydrogens (tertiary/aromatic N) is 2. The van der Waals surface area contributed by atoms with Crippen molar-refractivity contribution in [1.82, 2.24) is 4.98 Å². The highest BCUT2D eigenvalue weighted by molar-refractivity contribution is 7.22. The largest absolute Gasteiger partial charge is 0.465 e. The summed E-state index contributed by atoms with van der Waals surface area (Å²) in [4.78, 5) is 53.6. The zero-order valence-corrected chi connectivity index (χ0v) is 16.1. The van der Waals surface area contributed by atoms with Crippen LogP contribution in [0.3, 0.4) is 0 Å². The van der Waals surface area contributed by atoms with E-state index >= 15 is 0 Å². The number of rotatable bonds is 4. The van der Waals surface area contributed by atoms with E-state index in [-0.39, 0.29) is 24.7 Å². The summed E-state index contributed by atoms with van der Waals surface area (Å²) in [5.41, 5.74) is 1.70. The highest BCUT2D eigenvalue weighted by Crippen LogP contribution is 2.28. The van der Waals surface area contributed by atoms with Crippen molar-refractivity contribution in [3.63, 3.8) is 0 Å². The maximum atomic E-state index is 12.6. The minimum Gasteiger partial charge on any atom is -0.465 e. The second-order valence-corrected chi connectivity index (χ2v) is 7.35. The third-order valence-corrected chi connectivity index (χ3v) is 5.38. The molecule has 29 heavy (non-hydrogen) atoms. The average Bonchev–Trinajstić information content (AvgIpc) is 3.28. The first-order valence-corrected chi connectivity index (χ1v) is 9.54. The van der Waals surface area contributed by atoms with Crippen LogP contribution in [0.1, 0.15) is 33.6 Å². The van der Waals surface area contributed by atoms with Crippen molar-refractivity contribution < 1.29 is 23.9 Å². The standard InChI is InChI=1S/C20H15N3O5S/c1-28-19(27)12-5-6-14-15(10-12)29-20(21-14)22-18(26)11-3-2-4-13(9-11)23-16(24)7-8-17(23)25/h2-6,9-10H,7-8H2,1H3,(H,21,22,26). The number of methoxy groups -OCH3 is 1. The summed E-state index contributed by atoms with van der Waals surface area (Å²) in [6.45, 7) is 0. The van der Waals surface area contributed by atoms with Crippen molar-refractivity contribution in [2.45, 2.75) is 12.8 Å². The molecule has 1 fully saturated rings. The molecule has 0 spiro atoms. The van der Waals surface area contributed by atoms with Gasteiger partial charge in [-0.3, -0.25) is 24.6 Å². The van der Waals surface area contributed by atoms with E-state index in [1.54, 1.807) is 36.4 Å². The van der Waals surface area contributed by atoms with E-state index in [4.69, 9.17) is 4.74 Å². The van der Waals surface area contributed by atoms with Crippen LogP contribution in [0.2, 0.25) is 0 Å². The van der Waals surface area contributed by atoms with Crippen molar-refractivity contribution >= 4 is 56.1 Å². The number of fused-ring (bicyclic) bond motifs is 1. The molecule has 9 heteroatoms. The van der Waals surface area contributed by atoms with Gasteiger partial charge in [-0.25, -0.2) is 9.78 Å². The van der Waals surface area contributed by atoms with Crippen molar-refractivity contribution in [3.8, 4) is 0 Å². The number of imide groups is 1. The van der Waals surface area contributed by atoms with Crippen LogP contribution in [-0.4, -0.2) is 35.8 Å². The van der Waals surface area contributed by atoms with Crippen LogP contribution in [0.4, 0.5) is 10.8 Å². The molecule has 0 aliphatic carbocycles. The van der Waals surface area contributed by atoms with Crippen LogP contribution < -0.4 is 10.2 Å². The summed E-state index contributed by atoms with van der Waals surface area (Å²) in [5.74, 6) is -1.42. The molecule has 1 aliphatic heterocycles. The topological polar surface area (TPSA) is 106 Å². The quantitative estimate of drug-likeness (QED) is 0.525. The Morgan fingerprint density at radius 1 is 1.07 bits per heavy atom. The second kappa shape index (κ2) is 7.44. The molecule has 2 aromatic carbocycles. The fraction of sp³-hybridized carbons (Fsp3) is 0.150. The summed E-state index contributed by atoms with van der Waals surface area (Å²) in [5, 5.41) is 3.08. The van der Waals surface area contributed by atoms with Gasteiger partial charge >= 0.3 is 5.97 Å². The monoisotopic (exact) mass is 409 g/mol. The lowest BCUT2D eigenvalue weighted by atomic mass is 10.2. The van der Waals surface area contributed by atoms with Gasteiger partial charge in [-0.2, -0.15) is 0 Å². The Labute approximate surface area is 169 Å². The second-order valence-electron chi connectivity index (χ2n) is 6.32. The van der Waals surface area contributed by atoms with Crippen molar-refractivity contribution in [2.75, 3.05) is 17.3 Å². The fourth-order valence-electron chi connectivity index (χ4n) is 3.04. The third kappa shape index (κ3) is 3.59. The molecule has 1 aliphatic rings. The predicted molar refractivity (Wildman–Crippen MR) is 107 cm³/mol. The number of hydrogen-bond acceptors (Lipinski definition) is 7. The third-order valence-electron chi connectivity index (χ3n) is 4.45. The number of anilines is 2. The number of hydrogen-bond donors (Lipinski definition) is 1. The molecule has 3 amide bonds. The number of amides is 3. The van der Waals surface area contributed by atoms with Gasteiger partial charge in [0, 0.05) is 18.4 Å². The lowest BCUT2D eigenvalue weighted by Gasteiger charge is -2.14. The number of nitrogens with one attached hydrogen (secondary N) is 1. The van der Waals surface area contributed by atoms with Crippen molar-refractivity contribution in [1.29, 1.82) is 0 Å². The van der Waals surface area contributed by atoms with Gasteiger partial charge in [0.05, 0.1) is 28.6 Å². The minimum absolute atomic E-state index is 0.175. The SMILES string of the molecule is COC(=O)c1ccc2nc(NC(=O)c3cccc(N4C(=O)CCC4=O)c3)sc2c1. The first-order valence-electron chi connectivity index (χ1n) is 8.72. The zero-order valence-electron chi connectivity index (χ0n) is 15.3. The fourth-order valence-corrected chi connectivity index (χ4v) is 3.94. The van der Waals surface area contributed by atoms with E-state index in [0.29, 0.717) is 27.5 Å². The van der Waals surface area contributed by atoms with Crippen molar-refractivity contribution in [3.05, 3.63) is 53.6 Å². The number of benzene rings is 2. The number of aromatic nitrogens is 1. The van der Waals surface area contributed by atoms with Crippen LogP contribution in [0.15, 0.2) is 42.5 Å². The molecule has 4 rings (SSSR count). The molecule has 146 valence electrons. The maximum absolute atomic E-state index is 12.6.